The van der Waals surface area contributed by atoms with Crippen LogP contribution in [0.4, 0.5) is 5.13 Å². The van der Waals surface area contributed by atoms with Crippen LogP contribution >= 0.6 is 11.3 Å². The number of anilines is 1. The Hall–Kier alpha value is -0.650. The lowest BCUT2D eigenvalue weighted by Crippen LogP contribution is -2.40. The highest BCUT2D eigenvalue weighted by Crippen LogP contribution is 2.36. The molecule has 0 bridgehead atoms. The Labute approximate surface area is 120 Å². The molecule has 1 aliphatic carbocycles. The second kappa shape index (κ2) is 6.20. The third-order valence-electron chi connectivity index (χ3n) is 3.73. The lowest BCUT2D eigenvalue weighted by Gasteiger charge is -2.29. The summed E-state index contributed by atoms with van der Waals surface area (Å²) in [6, 6.07) is 0.682. The van der Waals surface area contributed by atoms with Gasteiger partial charge in [0.05, 0.1) is 5.69 Å². The highest BCUT2D eigenvalue weighted by Gasteiger charge is 2.25. The van der Waals surface area contributed by atoms with Crippen molar-refractivity contribution in [3.8, 4) is 0 Å². The molecule has 1 aromatic rings. The number of thiazole rings is 1. The first-order chi connectivity index (χ1) is 9.02. The van der Waals surface area contributed by atoms with Gasteiger partial charge in [0.2, 0.25) is 0 Å². The zero-order valence-electron chi connectivity index (χ0n) is 12.5. The summed E-state index contributed by atoms with van der Waals surface area (Å²) in [6.07, 6.45) is 3.38. The molecule has 0 spiro atoms. The van der Waals surface area contributed by atoms with Gasteiger partial charge in [0.15, 0.2) is 5.13 Å². The van der Waals surface area contributed by atoms with E-state index in [1.807, 2.05) is 0 Å². The second-order valence-corrected chi connectivity index (χ2v) is 6.71. The lowest BCUT2D eigenvalue weighted by molar-refractivity contribution is 0.373. The Kier molecular flexibility index (Phi) is 4.81. The van der Waals surface area contributed by atoms with E-state index in [0.29, 0.717) is 6.04 Å². The van der Waals surface area contributed by atoms with E-state index in [4.69, 9.17) is 10.7 Å². The van der Waals surface area contributed by atoms with E-state index in [1.165, 1.54) is 17.0 Å². The summed E-state index contributed by atoms with van der Waals surface area (Å²) in [5.74, 6) is 0. The molecule has 0 aromatic carbocycles. The summed E-state index contributed by atoms with van der Waals surface area (Å²) in [7, 11) is 4.24. The van der Waals surface area contributed by atoms with Crippen LogP contribution in [0.3, 0.4) is 0 Å². The van der Waals surface area contributed by atoms with Crippen molar-refractivity contribution in [1.29, 1.82) is 0 Å². The maximum absolute atomic E-state index is 6.20. The molecule has 108 valence electrons. The molecule has 1 aliphatic rings. The minimum absolute atomic E-state index is 0.206. The van der Waals surface area contributed by atoms with Crippen LogP contribution in [-0.4, -0.2) is 43.1 Å². The Balaban J connectivity index is 2.19. The van der Waals surface area contributed by atoms with E-state index in [9.17, 15) is 0 Å². The Morgan fingerprint density at radius 1 is 1.47 bits per heavy atom. The Morgan fingerprint density at radius 2 is 2.21 bits per heavy atom. The van der Waals surface area contributed by atoms with E-state index >= 15 is 0 Å². The highest BCUT2D eigenvalue weighted by atomic mass is 32.1. The molecule has 4 nitrogen and oxygen atoms in total. The van der Waals surface area contributed by atoms with Crippen molar-refractivity contribution in [2.24, 2.45) is 5.73 Å². The van der Waals surface area contributed by atoms with E-state index in [1.54, 1.807) is 11.3 Å². The van der Waals surface area contributed by atoms with Crippen LogP contribution in [0, 0.1) is 0 Å². The Morgan fingerprint density at radius 3 is 2.79 bits per heavy atom. The molecule has 0 fully saturated rings. The van der Waals surface area contributed by atoms with Gasteiger partial charge in [-0.2, -0.15) is 0 Å². The molecule has 2 rings (SSSR count). The van der Waals surface area contributed by atoms with E-state index in [0.717, 1.165) is 31.1 Å². The van der Waals surface area contributed by atoms with E-state index in [2.05, 4.69) is 37.7 Å². The van der Waals surface area contributed by atoms with Crippen molar-refractivity contribution in [1.82, 2.24) is 9.88 Å². The maximum Gasteiger partial charge on any atom is 0.186 e. The molecule has 0 saturated carbocycles. The molecule has 2 unspecified atom stereocenters. The van der Waals surface area contributed by atoms with E-state index in [-0.39, 0.29) is 6.04 Å². The fourth-order valence-corrected chi connectivity index (χ4v) is 4.14. The number of aromatic nitrogens is 1. The van der Waals surface area contributed by atoms with Crippen LogP contribution < -0.4 is 10.6 Å². The number of rotatable bonds is 5. The van der Waals surface area contributed by atoms with Crippen molar-refractivity contribution in [3.05, 3.63) is 10.6 Å². The fraction of sp³-hybridized carbons (Fsp3) is 0.786. The maximum atomic E-state index is 6.20. The third-order valence-corrected chi connectivity index (χ3v) is 5.00. The molecule has 5 heteroatoms. The first-order valence-electron chi connectivity index (χ1n) is 7.19. The van der Waals surface area contributed by atoms with Crippen LogP contribution in [0.2, 0.25) is 0 Å². The first-order valence-corrected chi connectivity index (χ1v) is 8.01. The normalized spacial score (nSPS) is 20.4. The number of nitrogens with two attached hydrogens (primary N) is 1. The largest absolute Gasteiger partial charge is 0.344 e. The number of likely N-dealkylation sites (N-methyl/N-ethyl adjacent to an activating group) is 2. The van der Waals surface area contributed by atoms with Crippen molar-refractivity contribution >= 4 is 16.5 Å². The van der Waals surface area contributed by atoms with Gasteiger partial charge in [0.1, 0.15) is 0 Å². The number of aryl methyl sites for hydroxylation is 1. The number of hydrogen-bond acceptors (Lipinski definition) is 5. The SMILES string of the molecule is CCN(c1nc2c(s1)C(N)CCC2)C(C)CN(C)C. The third kappa shape index (κ3) is 3.27. The minimum Gasteiger partial charge on any atom is -0.344 e. The predicted octanol–water partition coefficient (Wildman–Crippen LogP) is 2.26. The zero-order chi connectivity index (χ0) is 14.0. The molecule has 19 heavy (non-hydrogen) atoms. The molecule has 1 heterocycles. The smallest absolute Gasteiger partial charge is 0.186 e. The van der Waals surface area contributed by atoms with Gasteiger partial charge >= 0.3 is 0 Å². The quantitative estimate of drug-likeness (QED) is 0.900. The summed E-state index contributed by atoms with van der Waals surface area (Å²) in [4.78, 5) is 10.8. The van der Waals surface area contributed by atoms with Crippen molar-refractivity contribution in [2.45, 2.75) is 45.2 Å². The summed E-state index contributed by atoms with van der Waals surface area (Å²) in [5.41, 5.74) is 7.45. The molecular weight excluding hydrogens is 256 g/mol. The molecule has 0 amide bonds. The van der Waals surface area contributed by atoms with Gasteiger partial charge < -0.3 is 15.5 Å². The van der Waals surface area contributed by atoms with Gasteiger partial charge in [-0.05, 0) is 47.2 Å². The van der Waals surface area contributed by atoms with Crippen molar-refractivity contribution in [3.63, 3.8) is 0 Å². The average molecular weight is 282 g/mol. The van der Waals surface area contributed by atoms with Crippen LogP contribution in [0.5, 0.6) is 0 Å². The first kappa shape index (κ1) is 14.8. The van der Waals surface area contributed by atoms with Gasteiger partial charge in [-0.1, -0.05) is 11.3 Å². The summed E-state index contributed by atoms with van der Waals surface area (Å²) < 4.78 is 0. The standard InChI is InChI=1S/C14H26N4S/c1-5-18(10(2)9-17(3)4)14-16-12-8-6-7-11(15)13(12)19-14/h10-11H,5-9,15H2,1-4H3. The van der Waals surface area contributed by atoms with Crippen LogP contribution in [0.1, 0.15) is 43.3 Å². The summed E-state index contributed by atoms with van der Waals surface area (Å²) in [5, 5.41) is 1.15. The van der Waals surface area contributed by atoms with Crippen molar-refractivity contribution in [2.75, 3.05) is 32.1 Å². The summed E-state index contributed by atoms with van der Waals surface area (Å²) in [6.45, 7) is 6.51. The molecule has 2 N–H and O–H groups in total. The monoisotopic (exact) mass is 282 g/mol. The molecular formula is C14H26N4S. The molecule has 0 saturated heterocycles. The second-order valence-electron chi connectivity index (χ2n) is 5.70. The highest BCUT2D eigenvalue weighted by molar-refractivity contribution is 7.15. The molecule has 1 aromatic heterocycles. The van der Waals surface area contributed by atoms with Crippen LogP contribution in [0.25, 0.3) is 0 Å². The van der Waals surface area contributed by atoms with Gasteiger partial charge in [0.25, 0.3) is 0 Å². The van der Waals surface area contributed by atoms with Crippen molar-refractivity contribution < 1.29 is 0 Å². The van der Waals surface area contributed by atoms with Gasteiger partial charge in [-0.25, -0.2) is 4.98 Å². The van der Waals surface area contributed by atoms with Crippen LogP contribution in [-0.2, 0) is 6.42 Å². The van der Waals surface area contributed by atoms with Gasteiger partial charge in [-0.15, -0.1) is 0 Å². The molecule has 0 aliphatic heterocycles. The minimum atomic E-state index is 0.206. The zero-order valence-corrected chi connectivity index (χ0v) is 13.3. The van der Waals surface area contributed by atoms with Gasteiger partial charge in [0, 0.05) is 30.1 Å². The molecule has 2 atom stereocenters. The predicted molar refractivity (Wildman–Crippen MR) is 83.0 cm³/mol. The van der Waals surface area contributed by atoms with E-state index < -0.39 is 0 Å². The number of hydrogen-bond donors (Lipinski definition) is 1. The fourth-order valence-electron chi connectivity index (χ4n) is 2.83. The lowest BCUT2D eigenvalue weighted by atomic mass is 9.99. The average Bonchev–Trinajstić information content (AvgIpc) is 2.74. The van der Waals surface area contributed by atoms with Crippen LogP contribution in [0.15, 0.2) is 0 Å². The topological polar surface area (TPSA) is 45.4 Å². The number of fused-ring (bicyclic) bond motifs is 1. The summed E-state index contributed by atoms with van der Waals surface area (Å²) >= 11 is 1.80. The number of nitrogens with zero attached hydrogens (tertiary/aromatic N) is 3. The Bertz CT molecular complexity index is 416. The molecule has 0 radical (unpaired) electrons. The van der Waals surface area contributed by atoms with Gasteiger partial charge in [-0.3, -0.25) is 0 Å².